The number of sulfonamides is 1. The Balaban J connectivity index is 1.67. The van der Waals surface area contributed by atoms with Crippen LogP contribution in [0.1, 0.15) is 36.2 Å². The van der Waals surface area contributed by atoms with E-state index in [1.807, 2.05) is 0 Å². The molecule has 1 amide bonds. The van der Waals surface area contributed by atoms with Gasteiger partial charge in [0.15, 0.2) is 5.76 Å². The molecule has 122 valence electrons. The Morgan fingerprint density at radius 1 is 1.09 bits per heavy atom. The number of rotatable bonds is 5. The summed E-state index contributed by atoms with van der Waals surface area (Å²) in [5, 5.41) is 2.65. The number of carbonyl (C=O) groups is 1. The zero-order chi connectivity index (χ0) is 16.3. The molecule has 1 aromatic heterocycles. The van der Waals surface area contributed by atoms with Gasteiger partial charge in [0.05, 0.1) is 11.2 Å². The third-order valence-electron chi connectivity index (χ3n) is 3.84. The Bertz CT molecular complexity index is 761. The van der Waals surface area contributed by atoms with E-state index in [0.29, 0.717) is 5.69 Å². The van der Waals surface area contributed by atoms with Gasteiger partial charge in [-0.3, -0.25) is 4.79 Å². The minimum atomic E-state index is -3.51. The summed E-state index contributed by atoms with van der Waals surface area (Å²) < 4.78 is 32.3. The molecule has 1 aliphatic rings. The molecule has 3 rings (SSSR count). The Hall–Kier alpha value is -2.12. The lowest BCUT2D eigenvalue weighted by Gasteiger charge is -2.13. The first-order valence-electron chi connectivity index (χ1n) is 7.52. The number of amides is 1. The van der Waals surface area contributed by atoms with E-state index in [4.69, 9.17) is 4.42 Å². The highest BCUT2D eigenvalue weighted by atomic mass is 32.2. The van der Waals surface area contributed by atoms with E-state index in [1.54, 1.807) is 24.3 Å². The molecule has 1 saturated carbocycles. The quantitative estimate of drug-likeness (QED) is 0.880. The first kappa shape index (κ1) is 15.8. The van der Waals surface area contributed by atoms with Crippen molar-refractivity contribution in [2.24, 2.45) is 0 Å². The Morgan fingerprint density at radius 2 is 1.78 bits per heavy atom. The summed E-state index contributed by atoms with van der Waals surface area (Å²) in [6.45, 7) is 0. The van der Waals surface area contributed by atoms with Gasteiger partial charge in [0.1, 0.15) is 0 Å². The van der Waals surface area contributed by atoms with Gasteiger partial charge in [-0.25, -0.2) is 13.1 Å². The minimum absolute atomic E-state index is 0.0262. The number of anilines is 1. The monoisotopic (exact) mass is 334 g/mol. The van der Waals surface area contributed by atoms with Crippen LogP contribution >= 0.6 is 0 Å². The predicted molar refractivity (Wildman–Crippen MR) is 85.7 cm³/mol. The van der Waals surface area contributed by atoms with Crippen LogP contribution in [0.4, 0.5) is 5.69 Å². The van der Waals surface area contributed by atoms with Gasteiger partial charge in [0.2, 0.25) is 10.0 Å². The highest BCUT2D eigenvalue weighted by Crippen LogP contribution is 2.21. The smallest absolute Gasteiger partial charge is 0.291 e. The fourth-order valence-electron chi connectivity index (χ4n) is 2.65. The summed E-state index contributed by atoms with van der Waals surface area (Å²) in [7, 11) is -3.51. The SMILES string of the molecule is O=C(Nc1ccc(S(=O)(=O)NC2CCCC2)cc1)c1ccco1. The lowest BCUT2D eigenvalue weighted by Crippen LogP contribution is -2.32. The Kier molecular flexibility index (Phi) is 4.49. The van der Waals surface area contributed by atoms with E-state index in [2.05, 4.69) is 10.0 Å². The van der Waals surface area contributed by atoms with Crippen molar-refractivity contribution in [3.05, 3.63) is 48.4 Å². The summed E-state index contributed by atoms with van der Waals surface area (Å²) in [5.41, 5.74) is 0.506. The second-order valence-electron chi connectivity index (χ2n) is 5.56. The summed E-state index contributed by atoms with van der Waals surface area (Å²) in [4.78, 5) is 12.0. The van der Waals surface area contributed by atoms with Crippen molar-refractivity contribution >= 4 is 21.6 Å². The maximum absolute atomic E-state index is 12.3. The number of hydrogen-bond donors (Lipinski definition) is 2. The molecule has 1 aliphatic carbocycles. The van der Waals surface area contributed by atoms with Crippen LogP contribution in [0.25, 0.3) is 0 Å². The van der Waals surface area contributed by atoms with Crippen molar-refractivity contribution in [1.82, 2.24) is 4.72 Å². The van der Waals surface area contributed by atoms with Crippen LogP contribution in [0.5, 0.6) is 0 Å². The molecule has 1 fully saturated rings. The van der Waals surface area contributed by atoms with Crippen LogP contribution in [0.2, 0.25) is 0 Å². The van der Waals surface area contributed by atoms with Crippen molar-refractivity contribution in [2.75, 3.05) is 5.32 Å². The molecule has 0 saturated heterocycles. The zero-order valence-corrected chi connectivity index (χ0v) is 13.3. The Labute approximate surface area is 134 Å². The maximum atomic E-state index is 12.3. The molecule has 7 heteroatoms. The van der Waals surface area contributed by atoms with Gasteiger partial charge in [0.25, 0.3) is 5.91 Å². The second kappa shape index (κ2) is 6.55. The fourth-order valence-corrected chi connectivity index (χ4v) is 3.95. The molecule has 6 nitrogen and oxygen atoms in total. The summed E-state index contributed by atoms with van der Waals surface area (Å²) in [6.07, 6.45) is 5.31. The first-order chi connectivity index (χ1) is 11.0. The van der Waals surface area contributed by atoms with E-state index in [9.17, 15) is 13.2 Å². The van der Waals surface area contributed by atoms with Gasteiger partial charge < -0.3 is 9.73 Å². The lowest BCUT2D eigenvalue weighted by molar-refractivity contribution is 0.0996. The van der Waals surface area contributed by atoms with Crippen LogP contribution in [0, 0.1) is 0 Å². The highest BCUT2D eigenvalue weighted by molar-refractivity contribution is 7.89. The van der Waals surface area contributed by atoms with E-state index in [1.165, 1.54) is 18.4 Å². The first-order valence-corrected chi connectivity index (χ1v) is 9.00. The number of hydrogen-bond acceptors (Lipinski definition) is 4. The molecular weight excluding hydrogens is 316 g/mol. The summed E-state index contributed by atoms with van der Waals surface area (Å²) in [5.74, 6) is -0.181. The van der Waals surface area contributed by atoms with Crippen molar-refractivity contribution in [3.8, 4) is 0 Å². The molecule has 23 heavy (non-hydrogen) atoms. The summed E-state index contributed by atoms with van der Waals surface area (Å²) in [6, 6.07) is 9.29. The number of furan rings is 1. The number of carbonyl (C=O) groups excluding carboxylic acids is 1. The second-order valence-corrected chi connectivity index (χ2v) is 7.27. The van der Waals surface area contributed by atoms with Gasteiger partial charge in [-0.15, -0.1) is 0 Å². The standard InChI is InChI=1S/C16H18N2O4S/c19-16(15-6-3-11-22-15)17-12-7-9-14(10-8-12)23(20,21)18-13-4-1-2-5-13/h3,6-11,13,18H,1-2,4-5H2,(H,17,19). The molecule has 0 unspecified atom stereocenters. The third kappa shape index (κ3) is 3.80. The van der Waals surface area contributed by atoms with Gasteiger partial charge >= 0.3 is 0 Å². The minimum Gasteiger partial charge on any atom is -0.459 e. The van der Waals surface area contributed by atoms with Gasteiger partial charge in [-0.1, -0.05) is 12.8 Å². The predicted octanol–water partition coefficient (Wildman–Crippen LogP) is 2.75. The van der Waals surface area contributed by atoms with E-state index >= 15 is 0 Å². The zero-order valence-electron chi connectivity index (χ0n) is 12.5. The molecule has 0 bridgehead atoms. The average molecular weight is 334 g/mol. The van der Waals surface area contributed by atoms with Crippen molar-refractivity contribution in [2.45, 2.75) is 36.6 Å². The van der Waals surface area contributed by atoms with Crippen LogP contribution in [0.3, 0.4) is 0 Å². The largest absolute Gasteiger partial charge is 0.459 e. The van der Waals surface area contributed by atoms with Crippen LogP contribution in [0.15, 0.2) is 52.0 Å². The molecule has 0 radical (unpaired) electrons. The maximum Gasteiger partial charge on any atom is 0.291 e. The van der Waals surface area contributed by atoms with Crippen molar-refractivity contribution in [3.63, 3.8) is 0 Å². The van der Waals surface area contributed by atoms with Crippen molar-refractivity contribution < 1.29 is 17.6 Å². The van der Waals surface area contributed by atoms with Gasteiger partial charge in [-0.2, -0.15) is 0 Å². The van der Waals surface area contributed by atoms with E-state index in [-0.39, 0.29) is 22.6 Å². The molecule has 2 N–H and O–H groups in total. The molecule has 2 aromatic rings. The van der Waals surface area contributed by atoms with Gasteiger partial charge in [0, 0.05) is 11.7 Å². The average Bonchev–Trinajstić information content (AvgIpc) is 3.20. The molecule has 0 atom stereocenters. The van der Waals surface area contributed by atoms with E-state index in [0.717, 1.165) is 25.7 Å². The third-order valence-corrected chi connectivity index (χ3v) is 5.38. The molecule has 0 aliphatic heterocycles. The van der Waals surface area contributed by atoms with Crippen molar-refractivity contribution in [1.29, 1.82) is 0 Å². The van der Waals surface area contributed by atoms with Gasteiger partial charge in [-0.05, 0) is 49.2 Å². The fraction of sp³-hybridized carbons (Fsp3) is 0.312. The number of nitrogens with one attached hydrogen (secondary N) is 2. The molecule has 1 aromatic carbocycles. The molecular formula is C16H18N2O4S. The lowest BCUT2D eigenvalue weighted by atomic mass is 10.3. The number of benzene rings is 1. The van der Waals surface area contributed by atoms with E-state index < -0.39 is 10.0 Å². The molecule has 0 spiro atoms. The van der Waals surface area contributed by atoms with Crippen LogP contribution < -0.4 is 10.0 Å². The van der Waals surface area contributed by atoms with Crippen LogP contribution in [-0.2, 0) is 10.0 Å². The Morgan fingerprint density at radius 3 is 2.39 bits per heavy atom. The summed E-state index contributed by atoms with van der Waals surface area (Å²) >= 11 is 0. The topological polar surface area (TPSA) is 88.4 Å². The molecule has 1 heterocycles. The normalized spacial score (nSPS) is 15.7. The van der Waals surface area contributed by atoms with Crippen LogP contribution in [-0.4, -0.2) is 20.4 Å². The highest BCUT2D eigenvalue weighted by Gasteiger charge is 2.22.